The van der Waals surface area contributed by atoms with E-state index in [0.717, 1.165) is 60.2 Å². The molecule has 3 aliphatic rings. The van der Waals surface area contributed by atoms with Crippen LogP contribution in [0.3, 0.4) is 0 Å². The van der Waals surface area contributed by atoms with Gasteiger partial charge in [-0.25, -0.2) is 9.97 Å². The smallest absolute Gasteiger partial charge is 0.180 e. The summed E-state index contributed by atoms with van der Waals surface area (Å²) >= 11 is 1.75. The Bertz CT molecular complexity index is 1690. The van der Waals surface area contributed by atoms with E-state index in [1.54, 1.807) is 17.5 Å². The van der Waals surface area contributed by atoms with Gasteiger partial charge in [-0.1, -0.05) is 12.1 Å². The van der Waals surface area contributed by atoms with Gasteiger partial charge in [-0.2, -0.15) is 11.3 Å². The maximum atomic E-state index is 6.29. The maximum Gasteiger partial charge on any atom is 0.180 e. The van der Waals surface area contributed by atoms with Gasteiger partial charge in [0, 0.05) is 72.8 Å². The molecular weight excluding hydrogens is 494 g/mol. The van der Waals surface area contributed by atoms with Crippen LogP contribution in [0.4, 0.5) is 22.9 Å². The number of hydrogen-bond donors (Lipinski definition) is 1. The van der Waals surface area contributed by atoms with Gasteiger partial charge in [0.25, 0.3) is 0 Å². The minimum absolute atomic E-state index is 0.343. The van der Waals surface area contributed by atoms with Gasteiger partial charge in [0.05, 0.1) is 24.0 Å². The standard InChI is InChI=1S/C29H25N7OS/c1-2-20-13-30-14-21(20)11-19(1)25-16-35-7-6-31-29(35)28(33-25)32-22-3-4-26-27(12-22)37-17-24-15-34(8-9-36(24)26)23-5-10-38-18-23/h1-7,10-13,16,18,24H,8-9,14-15,17H2,(H,32,33). The fourth-order valence-electron chi connectivity index (χ4n) is 5.68. The predicted molar refractivity (Wildman–Crippen MR) is 153 cm³/mol. The van der Waals surface area contributed by atoms with E-state index in [9.17, 15) is 0 Å². The molecule has 188 valence electrons. The zero-order chi connectivity index (χ0) is 25.1. The average Bonchev–Trinajstić information content (AvgIpc) is 3.74. The van der Waals surface area contributed by atoms with E-state index in [1.807, 2.05) is 23.0 Å². The number of nitrogens with zero attached hydrogens (tertiary/aromatic N) is 6. The average molecular weight is 520 g/mol. The second kappa shape index (κ2) is 8.59. The number of fused-ring (bicyclic) bond motifs is 5. The highest BCUT2D eigenvalue weighted by Gasteiger charge is 2.33. The number of nitrogens with one attached hydrogen (secondary N) is 1. The van der Waals surface area contributed by atoms with Crippen LogP contribution in [-0.2, 0) is 6.54 Å². The van der Waals surface area contributed by atoms with Crippen LogP contribution in [0.1, 0.15) is 11.1 Å². The van der Waals surface area contributed by atoms with Crippen molar-refractivity contribution in [3.63, 3.8) is 0 Å². The first-order valence-electron chi connectivity index (χ1n) is 12.8. The van der Waals surface area contributed by atoms with Crippen LogP contribution in [0.15, 0.2) is 76.8 Å². The van der Waals surface area contributed by atoms with Gasteiger partial charge >= 0.3 is 0 Å². The van der Waals surface area contributed by atoms with Crippen LogP contribution in [-0.4, -0.2) is 52.9 Å². The lowest BCUT2D eigenvalue weighted by molar-refractivity contribution is 0.255. The van der Waals surface area contributed by atoms with E-state index in [2.05, 4.69) is 78.3 Å². The second-order valence-corrected chi connectivity index (χ2v) is 10.7. The highest BCUT2D eigenvalue weighted by Crippen LogP contribution is 2.39. The van der Waals surface area contributed by atoms with Gasteiger partial charge in [-0.05, 0) is 40.8 Å². The van der Waals surface area contributed by atoms with Crippen molar-refractivity contribution in [3.8, 4) is 17.0 Å². The number of aromatic nitrogens is 3. The molecule has 0 bridgehead atoms. The van der Waals surface area contributed by atoms with Crippen LogP contribution in [0.25, 0.3) is 16.9 Å². The number of rotatable bonds is 4. The van der Waals surface area contributed by atoms with Gasteiger partial charge in [-0.15, -0.1) is 0 Å². The highest BCUT2D eigenvalue weighted by molar-refractivity contribution is 7.08. The molecule has 8 rings (SSSR count). The predicted octanol–water partition coefficient (Wildman–Crippen LogP) is 5.22. The topological polar surface area (TPSA) is 70.3 Å². The molecular formula is C29H25N7OS. The van der Waals surface area contributed by atoms with Crippen molar-refractivity contribution in [3.05, 3.63) is 82.9 Å². The number of aliphatic imine (C=N–C) groups is 1. The Kier molecular flexibility index (Phi) is 4.91. The molecule has 5 aromatic rings. The van der Waals surface area contributed by atoms with Crippen molar-refractivity contribution in [1.29, 1.82) is 0 Å². The molecule has 1 unspecified atom stereocenters. The summed E-state index contributed by atoms with van der Waals surface area (Å²) in [5, 5.41) is 7.89. The molecule has 1 saturated heterocycles. The molecule has 1 N–H and O–H groups in total. The number of ether oxygens (including phenoxy) is 1. The molecule has 0 saturated carbocycles. The second-order valence-electron chi connectivity index (χ2n) is 9.91. The van der Waals surface area contributed by atoms with Crippen molar-refractivity contribution >= 4 is 46.1 Å². The lowest BCUT2D eigenvalue weighted by atomic mass is 10.0. The van der Waals surface area contributed by atoms with Crippen LogP contribution in [0.2, 0.25) is 0 Å². The third kappa shape index (κ3) is 3.61. The summed E-state index contributed by atoms with van der Waals surface area (Å²) < 4.78 is 8.30. The molecule has 3 aliphatic heterocycles. The summed E-state index contributed by atoms with van der Waals surface area (Å²) in [6, 6.07) is 15.3. The van der Waals surface area contributed by atoms with Crippen LogP contribution in [0.5, 0.6) is 5.75 Å². The van der Waals surface area contributed by atoms with E-state index >= 15 is 0 Å². The number of benzene rings is 2. The van der Waals surface area contributed by atoms with Gasteiger partial charge in [0.1, 0.15) is 12.4 Å². The Labute approximate surface area is 223 Å². The fraction of sp³-hybridized carbons (Fsp3) is 0.207. The molecule has 2 aromatic carbocycles. The molecule has 0 amide bonds. The number of piperazine rings is 1. The number of thiophene rings is 1. The van der Waals surface area contributed by atoms with Gasteiger partial charge < -0.3 is 24.3 Å². The van der Waals surface area contributed by atoms with E-state index in [-0.39, 0.29) is 0 Å². The largest absolute Gasteiger partial charge is 0.489 e. The van der Waals surface area contributed by atoms with Gasteiger partial charge in [-0.3, -0.25) is 4.99 Å². The van der Waals surface area contributed by atoms with Crippen LogP contribution < -0.4 is 19.9 Å². The molecule has 8 nitrogen and oxygen atoms in total. The van der Waals surface area contributed by atoms with Crippen molar-refractivity contribution < 1.29 is 4.74 Å². The summed E-state index contributed by atoms with van der Waals surface area (Å²) in [4.78, 5) is 18.9. The SMILES string of the molecule is C1=NCc2cc(-c3cn4ccnc4c(Nc4ccc5c(c4)OCC4CN(c6ccsc6)CCN54)n3)ccc21. The maximum absolute atomic E-state index is 6.29. The molecule has 9 heteroatoms. The Morgan fingerprint density at radius 1 is 1.08 bits per heavy atom. The third-order valence-electron chi connectivity index (χ3n) is 7.62. The Morgan fingerprint density at radius 3 is 3.03 bits per heavy atom. The van der Waals surface area contributed by atoms with E-state index in [0.29, 0.717) is 18.5 Å². The minimum Gasteiger partial charge on any atom is -0.489 e. The summed E-state index contributed by atoms with van der Waals surface area (Å²) in [5.74, 6) is 1.62. The Morgan fingerprint density at radius 2 is 2.08 bits per heavy atom. The minimum atomic E-state index is 0.343. The highest BCUT2D eigenvalue weighted by atomic mass is 32.1. The normalized spacial score (nSPS) is 17.7. The van der Waals surface area contributed by atoms with Crippen LogP contribution >= 0.6 is 11.3 Å². The van der Waals surface area contributed by atoms with Crippen molar-refractivity contribution in [2.24, 2.45) is 4.99 Å². The lowest BCUT2D eigenvalue weighted by Gasteiger charge is -2.46. The number of hydrogen-bond acceptors (Lipinski definition) is 8. The Hall–Kier alpha value is -4.37. The third-order valence-corrected chi connectivity index (χ3v) is 8.29. The summed E-state index contributed by atoms with van der Waals surface area (Å²) in [7, 11) is 0. The number of imidazole rings is 1. The fourth-order valence-corrected chi connectivity index (χ4v) is 6.34. The van der Waals surface area contributed by atoms with Crippen molar-refractivity contribution in [2.45, 2.75) is 12.6 Å². The molecule has 0 spiro atoms. The first kappa shape index (κ1) is 21.7. The molecule has 1 atom stereocenters. The molecule has 0 aliphatic carbocycles. The molecule has 38 heavy (non-hydrogen) atoms. The number of anilines is 4. The van der Waals surface area contributed by atoms with Crippen molar-refractivity contribution in [2.75, 3.05) is 41.4 Å². The van der Waals surface area contributed by atoms with Gasteiger partial charge in [0.15, 0.2) is 11.5 Å². The Balaban J connectivity index is 1.08. The molecule has 3 aromatic heterocycles. The van der Waals surface area contributed by atoms with Crippen molar-refractivity contribution in [1.82, 2.24) is 14.4 Å². The summed E-state index contributed by atoms with van der Waals surface area (Å²) in [6.07, 6.45) is 7.71. The van der Waals surface area contributed by atoms with E-state index in [1.165, 1.54) is 16.8 Å². The van der Waals surface area contributed by atoms with E-state index < -0.39 is 0 Å². The molecule has 1 fully saturated rings. The summed E-state index contributed by atoms with van der Waals surface area (Å²) in [5.41, 5.74) is 8.53. The molecule has 0 radical (unpaired) electrons. The quantitative estimate of drug-likeness (QED) is 0.351. The van der Waals surface area contributed by atoms with E-state index in [4.69, 9.17) is 9.72 Å². The van der Waals surface area contributed by atoms with Gasteiger partial charge in [0.2, 0.25) is 0 Å². The first-order valence-corrected chi connectivity index (χ1v) is 13.8. The zero-order valence-corrected chi connectivity index (χ0v) is 21.4. The monoisotopic (exact) mass is 519 g/mol. The lowest BCUT2D eigenvalue weighted by Crippen LogP contribution is -2.57. The van der Waals surface area contributed by atoms with Crippen LogP contribution in [0, 0.1) is 0 Å². The first-order chi connectivity index (χ1) is 18.8. The summed E-state index contributed by atoms with van der Waals surface area (Å²) in [6.45, 7) is 4.36. The zero-order valence-electron chi connectivity index (χ0n) is 20.6. The molecule has 6 heterocycles.